The van der Waals surface area contributed by atoms with Gasteiger partial charge in [0.15, 0.2) is 11.5 Å². The van der Waals surface area contributed by atoms with Crippen LogP contribution in [0.3, 0.4) is 0 Å². The third-order valence-corrected chi connectivity index (χ3v) is 2.84. The first-order valence-corrected chi connectivity index (χ1v) is 5.42. The molecule has 0 saturated heterocycles. The van der Waals surface area contributed by atoms with E-state index in [4.69, 9.17) is 19.5 Å². The molecular formula is C13H14N2O3. The number of hydrogen-bond acceptors (Lipinski definition) is 4. The summed E-state index contributed by atoms with van der Waals surface area (Å²) in [6.07, 6.45) is 2.13. The van der Waals surface area contributed by atoms with Gasteiger partial charge in [0.2, 0.25) is 5.75 Å². The highest BCUT2D eigenvalue weighted by Gasteiger charge is 2.18. The summed E-state index contributed by atoms with van der Waals surface area (Å²) in [6, 6.07) is 3.98. The van der Waals surface area contributed by atoms with Gasteiger partial charge in [0.05, 0.1) is 39.3 Å². The standard InChI is InChI=1S/C13H14N2O3/c1-16-10-6-9-8(4-5-14)7-15-11(9)13(18-3)12(10)17-2/h6-7,15H,4H2,1-3H3. The molecular weight excluding hydrogens is 232 g/mol. The van der Waals surface area contributed by atoms with Gasteiger partial charge in [-0.05, 0) is 11.6 Å². The second-order valence-electron chi connectivity index (χ2n) is 3.72. The maximum Gasteiger partial charge on any atom is 0.205 e. The van der Waals surface area contributed by atoms with Gasteiger partial charge in [0.25, 0.3) is 0 Å². The first kappa shape index (κ1) is 12.1. The van der Waals surface area contributed by atoms with Crippen LogP contribution in [0, 0.1) is 11.3 Å². The van der Waals surface area contributed by atoms with Gasteiger partial charge in [-0.2, -0.15) is 5.26 Å². The van der Waals surface area contributed by atoms with Gasteiger partial charge in [-0.3, -0.25) is 0 Å². The molecule has 0 amide bonds. The monoisotopic (exact) mass is 246 g/mol. The fourth-order valence-electron chi connectivity index (χ4n) is 2.02. The van der Waals surface area contributed by atoms with Crippen molar-refractivity contribution in [1.29, 1.82) is 5.26 Å². The van der Waals surface area contributed by atoms with Crippen LogP contribution in [0.1, 0.15) is 5.56 Å². The molecule has 18 heavy (non-hydrogen) atoms. The zero-order valence-corrected chi connectivity index (χ0v) is 10.5. The number of ether oxygens (including phenoxy) is 3. The van der Waals surface area contributed by atoms with E-state index in [-0.39, 0.29) is 0 Å². The molecule has 2 rings (SSSR count). The van der Waals surface area contributed by atoms with Crippen molar-refractivity contribution in [2.45, 2.75) is 6.42 Å². The van der Waals surface area contributed by atoms with Crippen LogP contribution in [-0.4, -0.2) is 26.3 Å². The van der Waals surface area contributed by atoms with Gasteiger partial charge in [0, 0.05) is 11.6 Å². The number of nitrogens with one attached hydrogen (secondary N) is 1. The summed E-state index contributed by atoms with van der Waals surface area (Å²) in [5.41, 5.74) is 1.71. The Kier molecular flexibility index (Phi) is 3.28. The van der Waals surface area contributed by atoms with E-state index in [0.29, 0.717) is 23.7 Å². The third kappa shape index (κ3) is 1.72. The van der Waals surface area contributed by atoms with Crippen molar-refractivity contribution in [3.63, 3.8) is 0 Å². The maximum absolute atomic E-state index is 8.80. The van der Waals surface area contributed by atoms with Crippen LogP contribution >= 0.6 is 0 Å². The summed E-state index contributed by atoms with van der Waals surface area (Å²) in [4.78, 5) is 3.11. The first-order valence-electron chi connectivity index (χ1n) is 5.42. The lowest BCUT2D eigenvalue weighted by Gasteiger charge is -2.13. The van der Waals surface area contributed by atoms with Crippen LogP contribution in [0.5, 0.6) is 17.2 Å². The van der Waals surface area contributed by atoms with E-state index in [1.54, 1.807) is 27.5 Å². The van der Waals surface area contributed by atoms with Crippen molar-refractivity contribution in [1.82, 2.24) is 4.98 Å². The van der Waals surface area contributed by atoms with Gasteiger partial charge in [0.1, 0.15) is 0 Å². The lowest BCUT2D eigenvalue weighted by molar-refractivity contribution is 0.327. The highest BCUT2D eigenvalue weighted by atomic mass is 16.5. The Morgan fingerprint density at radius 1 is 1.17 bits per heavy atom. The molecule has 0 unspecified atom stereocenters. The Hall–Kier alpha value is -2.35. The summed E-state index contributed by atoms with van der Waals surface area (Å²) in [5.74, 6) is 1.70. The Morgan fingerprint density at radius 2 is 1.89 bits per heavy atom. The summed E-state index contributed by atoms with van der Waals surface area (Å²) in [5, 5.41) is 9.71. The fraction of sp³-hybridized carbons (Fsp3) is 0.308. The number of fused-ring (bicyclic) bond motifs is 1. The molecule has 0 atom stereocenters. The molecule has 1 N–H and O–H groups in total. The number of benzene rings is 1. The van der Waals surface area contributed by atoms with Crippen LogP contribution in [0.4, 0.5) is 0 Å². The number of methoxy groups -OCH3 is 3. The second kappa shape index (κ2) is 4.88. The van der Waals surface area contributed by atoms with Crippen molar-refractivity contribution >= 4 is 10.9 Å². The molecule has 94 valence electrons. The fourth-order valence-corrected chi connectivity index (χ4v) is 2.02. The van der Waals surface area contributed by atoms with Gasteiger partial charge in [-0.1, -0.05) is 0 Å². The highest BCUT2D eigenvalue weighted by Crippen LogP contribution is 2.43. The Bertz CT molecular complexity index is 611. The van der Waals surface area contributed by atoms with Gasteiger partial charge < -0.3 is 19.2 Å². The summed E-state index contributed by atoms with van der Waals surface area (Å²) in [6.45, 7) is 0. The predicted molar refractivity (Wildman–Crippen MR) is 67.3 cm³/mol. The van der Waals surface area contributed by atoms with E-state index >= 15 is 0 Å². The Labute approximate surface area is 105 Å². The average Bonchev–Trinajstić information content (AvgIpc) is 2.79. The van der Waals surface area contributed by atoms with E-state index < -0.39 is 0 Å². The summed E-state index contributed by atoms with van der Waals surface area (Å²) < 4.78 is 16.0. The minimum Gasteiger partial charge on any atom is -0.493 e. The predicted octanol–water partition coefficient (Wildman–Crippen LogP) is 2.26. The van der Waals surface area contributed by atoms with Crippen LogP contribution in [0.25, 0.3) is 10.9 Å². The molecule has 1 heterocycles. The molecule has 0 aliphatic heterocycles. The minimum absolute atomic E-state index is 0.332. The quantitative estimate of drug-likeness (QED) is 0.898. The summed E-state index contributed by atoms with van der Waals surface area (Å²) >= 11 is 0. The molecule has 0 saturated carbocycles. The number of nitriles is 1. The number of aromatic amines is 1. The van der Waals surface area contributed by atoms with Crippen molar-refractivity contribution < 1.29 is 14.2 Å². The SMILES string of the molecule is COc1cc2c(CC#N)c[nH]c2c(OC)c1OC. The average molecular weight is 246 g/mol. The first-order chi connectivity index (χ1) is 8.76. The van der Waals surface area contributed by atoms with E-state index in [1.807, 2.05) is 6.07 Å². The molecule has 5 nitrogen and oxygen atoms in total. The number of nitrogens with zero attached hydrogens (tertiary/aromatic N) is 1. The zero-order valence-electron chi connectivity index (χ0n) is 10.5. The summed E-state index contributed by atoms with van der Waals surface area (Å²) in [7, 11) is 4.70. The molecule has 0 aliphatic carbocycles. The largest absolute Gasteiger partial charge is 0.493 e. The van der Waals surface area contributed by atoms with Crippen molar-refractivity contribution in [2.75, 3.05) is 21.3 Å². The smallest absolute Gasteiger partial charge is 0.205 e. The van der Waals surface area contributed by atoms with E-state index in [9.17, 15) is 0 Å². The van der Waals surface area contributed by atoms with E-state index in [1.165, 1.54) is 0 Å². The topological polar surface area (TPSA) is 67.3 Å². The third-order valence-electron chi connectivity index (χ3n) is 2.84. The molecule has 0 bridgehead atoms. The lowest BCUT2D eigenvalue weighted by atomic mass is 10.1. The zero-order chi connectivity index (χ0) is 13.1. The molecule has 0 aliphatic rings. The Balaban J connectivity index is 2.77. The van der Waals surface area contributed by atoms with E-state index in [2.05, 4.69) is 11.1 Å². The van der Waals surface area contributed by atoms with Crippen LogP contribution < -0.4 is 14.2 Å². The number of hydrogen-bond donors (Lipinski definition) is 1. The molecule has 1 aromatic carbocycles. The molecule has 5 heteroatoms. The van der Waals surface area contributed by atoms with Crippen LogP contribution in [0.15, 0.2) is 12.3 Å². The molecule has 2 aromatic rings. The molecule has 0 spiro atoms. The lowest BCUT2D eigenvalue weighted by Crippen LogP contribution is -1.95. The van der Waals surface area contributed by atoms with Gasteiger partial charge in [-0.25, -0.2) is 0 Å². The van der Waals surface area contributed by atoms with Gasteiger partial charge >= 0.3 is 0 Å². The molecule has 1 aromatic heterocycles. The van der Waals surface area contributed by atoms with Crippen molar-refractivity contribution in [2.24, 2.45) is 0 Å². The Morgan fingerprint density at radius 3 is 2.44 bits per heavy atom. The van der Waals surface area contributed by atoms with Gasteiger partial charge in [-0.15, -0.1) is 0 Å². The second-order valence-corrected chi connectivity index (χ2v) is 3.72. The minimum atomic E-state index is 0.332. The maximum atomic E-state index is 8.80. The number of rotatable bonds is 4. The highest BCUT2D eigenvalue weighted by molar-refractivity contribution is 5.93. The van der Waals surface area contributed by atoms with Crippen LogP contribution in [0.2, 0.25) is 0 Å². The van der Waals surface area contributed by atoms with Crippen molar-refractivity contribution in [3.8, 4) is 23.3 Å². The van der Waals surface area contributed by atoms with Crippen molar-refractivity contribution in [3.05, 3.63) is 17.8 Å². The normalized spacial score (nSPS) is 10.1. The molecule has 0 radical (unpaired) electrons. The number of H-pyrrole nitrogens is 1. The van der Waals surface area contributed by atoms with Crippen LogP contribution in [-0.2, 0) is 6.42 Å². The number of aromatic nitrogens is 1. The van der Waals surface area contributed by atoms with E-state index in [0.717, 1.165) is 16.5 Å². The molecule has 0 fully saturated rings.